The molecule has 1 aromatic carbocycles. The Morgan fingerprint density at radius 3 is 2.60 bits per heavy atom. The third-order valence-corrected chi connectivity index (χ3v) is 5.43. The van der Waals surface area contributed by atoms with Gasteiger partial charge in [-0.2, -0.15) is 0 Å². The van der Waals surface area contributed by atoms with E-state index in [9.17, 15) is 9.90 Å². The lowest BCUT2D eigenvalue weighted by Gasteiger charge is -2.31. The van der Waals surface area contributed by atoms with Crippen molar-refractivity contribution in [3.63, 3.8) is 0 Å². The van der Waals surface area contributed by atoms with Crippen LogP contribution in [0.1, 0.15) is 41.8 Å². The third-order valence-electron chi connectivity index (χ3n) is 5.43. The Balaban J connectivity index is 1.49. The number of pyridine rings is 1. The molecule has 6 nitrogen and oxygen atoms in total. The van der Waals surface area contributed by atoms with E-state index in [0.29, 0.717) is 18.7 Å². The predicted octanol–water partition coefficient (Wildman–Crippen LogP) is 3.64. The van der Waals surface area contributed by atoms with Gasteiger partial charge in [0.05, 0.1) is 11.2 Å². The fourth-order valence-electron chi connectivity index (χ4n) is 3.99. The van der Waals surface area contributed by atoms with E-state index in [1.54, 1.807) is 12.1 Å². The Kier molecular flexibility index (Phi) is 5.45. The van der Waals surface area contributed by atoms with E-state index in [4.69, 9.17) is 10.1 Å². The number of aromatic carboxylic acids is 1. The van der Waals surface area contributed by atoms with Gasteiger partial charge in [-0.05, 0) is 61.2 Å². The van der Waals surface area contributed by atoms with Gasteiger partial charge in [-0.15, -0.1) is 0 Å². The van der Waals surface area contributed by atoms with Crippen molar-refractivity contribution in [2.45, 2.75) is 32.4 Å². The molecule has 0 aliphatic carbocycles. The summed E-state index contributed by atoms with van der Waals surface area (Å²) in [4.78, 5) is 18.0. The number of carboxylic acids is 1. The van der Waals surface area contributed by atoms with Crippen LogP contribution in [-0.4, -0.2) is 55.9 Å². The smallest absolute Gasteiger partial charge is 0.335 e. The van der Waals surface area contributed by atoms with E-state index >= 15 is 0 Å². The molecule has 0 fully saturated rings. The minimum atomic E-state index is -0.914. The fourth-order valence-corrected chi connectivity index (χ4v) is 3.99. The van der Waals surface area contributed by atoms with Gasteiger partial charge in [0.2, 0.25) is 0 Å². The van der Waals surface area contributed by atoms with Crippen LogP contribution in [0.15, 0.2) is 54.9 Å². The molecule has 0 unspecified atom stereocenters. The van der Waals surface area contributed by atoms with E-state index < -0.39 is 11.6 Å². The molecule has 3 heterocycles. The van der Waals surface area contributed by atoms with Crippen LogP contribution in [0.25, 0.3) is 16.6 Å². The zero-order valence-corrected chi connectivity index (χ0v) is 17.4. The number of carboxylic acid groups (broad SMARTS) is 1. The zero-order valence-electron chi connectivity index (χ0n) is 17.4. The summed E-state index contributed by atoms with van der Waals surface area (Å²) in [6, 6.07) is 11.2. The summed E-state index contributed by atoms with van der Waals surface area (Å²) in [5.74, 6) is -0.914. The summed E-state index contributed by atoms with van der Waals surface area (Å²) in [5.41, 5.74) is 4.01. The third kappa shape index (κ3) is 4.61. The lowest BCUT2D eigenvalue weighted by Crippen LogP contribution is -2.40. The number of rotatable bonds is 6. The maximum absolute atomic E-state index is 11.0. The molecule has 4 rings (SSSR count). The zero-order chi connectivity index (χ0) is 21.3. The minimum Gasteiger partial charge on any atom is -0.478 e. The largest absolute Gasteiger partial charge is 0.478 e. The molecule has 0 bridgehead atoms. The second-order valence-electron chi connectivity index (χ2n) is 8.61. The van der Waals surface area contributed by atoms with Crippen molar-refractivity contribution < 1.29 is 15.0 Å². The Morgan fingerprint density at radius 1 is 1.20 bits per heavy atom. The van der Waals surface area contributed by atoms with Gasteiger partial charge in [0.15, 0.2) is 0 Å². The number of carbonyl (C=O) groups is 1. The Bertz CT molecular complexity index is 1090. The van der Waals surface area contributed by atoms with Crippen molar-refractivity contribution in [1.82, 2.24) is 14.5 Å². The summed E-state index contributed by atoms with van der Waals surface area (Å²) in [5, 5.41) is 20.1. The van der Waals surface area contributed by atoms with Crippen LogP contribution in [0.5, 0.6) is 0 Å². The highest BCUT2D eigenvalue weighted by atomic mass is 16.4. The van der Waals surface area contributed by atoms with Crippen molar-refractivity contribution in [3.05, 3.63) is 71.6 Å². The van der Waals surface area contributed by atoms with Crippen LogP contribution in [0.4, 0.5) is 0 Å². The van der Waals surface area contributed by atoms with Crippen molar-refractivity contribution in [2.75, 3.05) is 19.6 Å². The summed E-state index contributed by atoms with van der Waals surface area (Å²) in [6.07, 6.45) is 7.13. The molecular weight excluding hydrogens is 378 g/mol. The van der Waals surface area contributed by atoms with E-state index in [2.05, 4.69) is 27.7 Å². The Labute approximate surface area is 176 Å². The number of β-amino-alcohol motifs (C(OH)–C–C–N with tert-alkyl or cyclic N) is 1. The standard InChI is InChI=1S/C24H27N3O3/c1-24(2,30)16-26-10-7-18(8-11-26)21-13-20-9-12-27(22(20)25-14-21)15-17-3-5-19(6-4-17)23(28)29/h3-7,9,12-14,30H,8,10-11,15-16H2,1-2H3,(H,28,29). The van der Waals surface area contributed by atoms with Gasteiger partial charge in [-0.1, -0.05) is 18.2 Å². The molecule has 0 saturated carbocycles. The molecule has 1 aliphatic rings. The van der Waals surface area contributed by atoms with Gasteiger partial charge in [0.25, 0.3) is 0 Å². The molecule has 0 radical (unpaired) electrons. The molecule has 156 valence electrons. The molecule has 2 N–H and O–H groups in total. The Hall–Kier alpha value is -2.96. The Morgan fingerprint density at radius 2 is 1.97 bits per heavy atom. The molecule has 1 aliphatic heterocycles. The summed E-state index contributed by atoms with van der Waals surface area (Å²) < 4.78 is 2.08. The molecule has 30 heavy (non-hydrogen) atoms. The highest BCUT2D eigenvalue weighted by molar-refractivity contribution is 5.87. The van der Waals surface area contributed by atoms with E-state index in [0.717, 1.165) is 41.7 Å². The van der Waals surface area contributed by atoms with Crippen LogP contribution in [-0.2, 0) is 6.54 Å². The molecule has 3 aromatic rings. The first-order valence-corrected chi connectivity index (χ1v) is 10.2. The number of nitrogens with zero attached hydrogens (tertiary/aromatic N) is 3. The van der Waals surface area contributed by atoms with Gasteiger partial charge < -0.3 is 14.8 Å². The second-order valence-corrected chi connectivity index (χ2v) is 8.61. The molecular formula is C24H27N3O3. The molecule has 0 amide bonds. The maximum Gasteiger partial charge on any atom is 0.335 e. The molecule has 0 atom stereocenters. The van der Waals surface area contributed by atoms with Crippen LogP contribution in [0.2, 0.25) is 0 Å². The van der Waals surface area contributed by atoms with Crippen LogP contribution in [0, 0.1) is 0 Å². The summed E-state index contributed by atoms with van der Waals surface area (Å²) >= 11 is 0. The number of hydrogen-bond donors (Lipinski definition) is 2. The average molecular weight is 405 g/mol. The lowest BCUT2D eigenvalue weighted by atomic mass is 9.99. The van der Waals surface area contributed by atoms with Crippen LogP contribution >= 0.6 is 0 Å². The summed E-state index contributed by atoms with van der Waals surface area (Å²) in [7, 11) is 0. The molecule has 0 saturated heterocycles. The van der Waals surface area contributed by atoms with Crippen LogP contribution < -0.4 is 0 Å². The monoisotopic (exact) mass is 405 g/mol. The van der Waals surface area contributed by atoms with E-state index in [1.165, 1.54) is 5.57 Å². The second kappa shape index (κ2) is 8.05. The first kappa shape index (κ1) is 20.3. The van der Waals surface area contributed by atoms with Gasteiger partial charge in [0.1, 0.15) is 5.65 Å². The van der Waals surface area contributed by atoms with Crippen molar-refractivity contribution in [3.8, 4) is 0 Å². The van der Waals surface area contributed by atoms with E-state index in [1.807, 2.05) is 38.4 Å². The van der Waals surface area contributed by atoms with Crippen molar-refractivity contribution in [2.24, 2.45) is 0 Å². The lowest BCUT2D eigenvalue weighted by molar-refractivity contribution is 0.0397. The first-order valence-electron chi connectivity index (χ1n) is 10.2. The fraction of sp³-hybridized carbons (Fsp3) is 0.333. The van der Waals surface area contributed by atoms with Crippen molar-refractivity contribution >= 4 is 22.6 Å². The highest BCUT2D eigenvalue weighted by Crippen LogP contribution is 2.26. The number of aliphatic hydroxyl groups is 1. The highest BCUT2D eigenvalue weighted by Gasteiger charge is 2.20. The minimum absolute atomic E-state index is 0.292. The maximum atomic E-state index is 11.0. The number of aromatic nitrogens is 2. The first-order chi connectivity index (χ1) is 14.3. The SMILES string of the molecule is CC(C)(O)CN1CC=C(c2cnc3c(ccn3Cc3ccc(C(=O)O)cc3)c2)CC1. The molecule has 2 aromatic heterocycles. The van der Waals surface area contributed by atoms with Gasteiger partial charge in [-0.25, -0.2) is 9.78 Å². The van der Waals surface area contributed by atoms with Gasteiger partial charge >= 0.3 is 5.97 Å². The summed E-state index contributed by atoms with van der Waals surface area (Å²) in [6.45, 7) is 6.77. The van der Waals surface area contributed by atoms with Gasteiger partial charge in [-0.3, -0.25) is 4.90 Å². The molecule has 6 heteroatoms. The van der Waals surface area contributed by atoms with Gasteiger partial charge in [0, 0.05) is 44.0 Å². The average Bonchev–Trinajstić information content (AvgIpc) is 3.10. The topological polar surface area (TPSA) is 78.6 Å². The normalized spacial score (nSPS) is 15.4. The molecule has 0 spiro atoms. The van der Waals surface area contributed by atoms with Crippen LogP contribution in [0.3, 0.4) is 0 Å². The van der Waals surface area contributed by atoms with E-state index in [-0.39, 0.29) is 0 Å². The number of hydrogen-bond acceptors (Lipinski definition) is 4. The van der Waals surface area contributed by atoms with Crippen molar-refractivity contribution in [1.29, 1.82) is 0 Å². The quantitative estimate of drug-likeness (QED) is 0.655. The number of fused-ring (bicyclic) bond motifs is 1. The predicted molar refractivity (Wildman–Crippen MR) is 118 cm³/mol. The number of benzene rings is 1.